The van der Waals surface area contributed by atoms with Crippen LogP contribution in [0.25, 0.3) is 0 Å². The molecule has 3 N–H and O–H groups in total. The van der Waals surface area contributed by atoms with Crippen LogP contribution in [0, 0.1) is 5.92 Å². The molecule has 0 bridgehead atoms. The number of nitrogens with zero attached hydrogens (tertiary/aromatic N) is 2. The van der Waals surface area contributed by atoms with Gasteiger partial charge in [0.05, 0.1) is 17.8 Å². The van der Waals surface area contributed by atoms with Crippen LogP contribution in [0.2, 0.25) is 0 Å². The average molecular weight is 265 g/mol. The van der Waals surface area contributed by atoms with E-state index in [0.717, 1.165) is 0 Å². The van der Waals surface area contributed by atoms with Gasteiger partial charge in [-0.05, 0) is 0 Å². The minimum Gasteiger partial charge on any atom is -0.358 e. The predicted molar refractivity (Wildman–Crippen MR) is 66.0 cm³/mol. The van der Waals surface area contributed by atoms with Gasteiger partial charge in [-0.3, -0.25) is 19.1 Å². The molecule has 19 heavy (non-hydrogen) atoms. The highest BCUT2D eigenvalue weighted by Gasteiger charge is 2.28. The van der Waals surface area contributed by atoms with Crippen LogP contribution in [-0.4, -0.2) is 41.1 Å². The Labute approximate surface area is 109 Å². The molecular weight excluding hydrogens is 250 g/mol. The summed E-state index contributed by atoms with van der Waals surface area (Å²) in [4.78, 5) is 34.0. The van der Waals surface area contributed by atoms with Gasteiger partial charge in [0, 0.05) is 26.2 Å². The molecular formula is C11H15N5O3. The molecule has 1 aliphatic rings. The molecule has 0 saturated carbocycles. The molecule has 0 radical (unpaired) electrons. The third kappa shape index (κ3) is 3.30. The van der Waals surface area contributed by atoms with Crippen molar-refractivity contribution in [3.8, 4) is 0 Å². The summed E-state index contributed by atoms with van der Waals surface area (Å²) in [5.41, 5.74) is 0.508. The molecule has 1 fully saturated rings. The maximum atomic E-state index is 11.8. The SMILES string of the molecule is CNC(=O)Cn1cc(NC(=O)C2CNC(=O)C2)cn1. The summed E-state index contributed by atoms with van der Waals surface area (Å²) in [5.74, 6) is -0.866. The molecule has 3 amide bonds. The Bertz CT molecular complexity index is 510. The van der Waals surface area contributed by atoms with Crippen molar-refractivity contribution in [1.29, 1.82) is 0 Å². The summed E-state index contributed by atoms with van der Waals surface area (Å²) in [6.07, 6.45) is 3.24. The number of carbonyl (C=O) groups is 3. The Hall–Kier alpha value is -2.38. The summed E-state index contributed by atoms with van der Waals surface area (Å²) in [5, 5.41) is 11.7. The number of anilines is 1. The molecule has 1 aromatic rings. The fourth-order valence-electron chi connectivity index (χ4n) is 1.78. The summed E-state index contributed by atoms with van der Waals surface area (Å²) in [6.45, 7) is 0.451. The second kappa shape index (κ2) is 5.51. The lowest BCUT2D eigenvalue weighted by molar-refractivity contribution is -0.123. The first-order valence-electron chi connectivity index (χ1n) is 5.89. The molecule has 1 unspecified atom stereocenters. The first-order chi connectivity index (χ1) is 9.08. The van der Waals surface area contributed by atoms with Crippen molar-refractivity contribution in [3.05, 3.63) is 12.4 Å². The summed E-state index contributed by atoms with van der Waals surface area (Å²) >= 11 is 0. The number of likely N-dealkylation sites (N-methyl/N-ethyl adjacent to an activating group) is 1. The van der Waals surface area contributed by atoms with Gasteiger partial charge in [-0.1, -0.05) is 0 Å². The second-order valence-corrected chi connectivity index (χ2v) is 4.29. The second-order valence-electron chi connectivity index (χ2n) is 4.29. The lowest BCUT2D eigenvalue weighted by Crippen LogP contribution is -2.25. The molecule has 2 heterocycles. The number of carbonyl (C=O) groups excluding carboxylic acids is 3. The van der Waals surface area contributed by atoms with Crippen molar-refractivity contribution in [1.82, 2.24) is 20.4 Å². The van der Waals surface area contributed by atoms with Gasteiger partial charge in [0.1, 0.15) is 6.54 Å². The Kier molecular flexibility index (Phi) is 3.79. The summed E-state index contributed by atoms with van der Waals surface area (Å²) < 4.78 is 1.42. The minimum atomic E-state index is -0.352. The van der Waals surface area contributed by atoms with Gasteiger partial charge in [0.25, 0.3) is 0 Å². The molecule has 1 aromatic heterocycles. The zero-order valence-electron chi connectivity index (χ0n) is 10.5. The average Bonchev–Trinajstić information content (AvgIpc) is 2.98. The quantitative estimate of drug-likeness (QED) is 0.629. The predicted octanol–water partition coefficient (Wildman–Crippen LogP) is -1.30. The van der Waals surface area contributed by atoms with Crippen LogP contribution < -0.4 is 16.0 Å². The van der Waals surface area contributed by atoms with E-state index in [2.05, 4.69) is 21.0 Å². The summed E-state index contributed by atoms with van der Waals surface area (Å²) in [7, 11) is 1.54. The lowest BCUT2D eigenvalue weighted by atomic mass is 10.1. The molecule has 2 rings (SSSR count). The molecule has 0 aromatic carbocycles. The standard InChI is InChI=1S/C11H15N5O3/c1-12-10(18)6-16-5-8(4-14-16)15-11(19)7-2-9(17)13-3-7/h4-5,7H,2-3,6H2,1H3,(H,12,18)(H,13,17)(H,15,19). The van der Waals surface area contributed by atoms with E-state index in [4.69, 9.17) is 0 Å². The molecule has 102 valence electrons. The molecule has 0 spiro atoms. The number of hydrogen-bond acceptors (Lipinski definition) is 4. The van der Waals surface area contributed by atoms with Crippen molar-refractivity contribution in [2.24, 2.45) is 5.92 Å². The lowest BCUT2D eigenvalue weighted by Gasteiger charge is -2.06. The van der Waals surface area contributed by atoms with Crippen LogP contribution in [0.15, 0.2) is 12.4 Å². The van der Waals surface area contributed by atoms with Crippen molar-refractivity contribution >= 4 is 23.4 Å². The Morgan fingerprint density at radius 1 is 1.58 bits per heavy atom. The number of rotatable bonds is 4. The van der Waals surface area contributed by atoms with Gasteiger partial charge < -0.3 is 16.0 Å². The maximum Gasteiger partial charge on any atom is 0.241 e. The normalized spacial score (nSPS) is 17.9. The van der Waals surface area contributed by atoms with Crippen molar-refractivity contribution in [2.75, 3.05) is 18.9 Å². The molecule has 8 nitrogen and oxygen atoms in total. The van der Waals surface area contributed by atoms with E-state index < -0.39 is 0 Å². The summed E-state index contributed by atoms with van der Waals surface area (Å²) in [6, 6.07) is 0. The maximum absolute atomic E-state index is 11.8. The van der Waals surface area contributed by atoms with Crippen LogP contribution in [0.4, 0.5) is 5.69 Å². The van der Waals surface area contributed by atoms with E-state index in [9.17, 15) is 14.4 Å². The highest BCUT2D eigenvalue weighted by Crippen LogP contribution is 2.13. The fraction of sp³-hybridized carbons (Fsp3) is 0.455. The zero-order valence-corrected chi connectivity index (χ0v) is 10.5. The van der Waals surface area contributed by atoms with E-state index in [-0.39, 0.29) is 36.6 Å². The fourth-order valence-corrected chi connectivity index (χ4v) is 1.78. The van der Waals surface area contributed by atoms with Crippen LogP contribution in [0.1, 0.15) is 6.42 Å². The van der Waals surface area contributed by atoms with Crippen LogP contribution in [0.5, 0.6) is 0 Å². The van der Waals surface area contributed by atoms with Crippen LogP contribution in [-0.2, 0) is 20.9 Å². The van der Waals surface area contributed by atoms with Gasteiger partial charge in [-0.15, -0.1) is 0 Å². The van der Waals surface area contributed by atoms with Gasteiger partial charge in [0.15, 0.2) is 0 Å². The van der Waals surface area contributed by atoms with Gasteiger partial charge in [-0.2, -0.15) is 5.10 Å². The largest absolute Gasteiger partial charge is 0.358 e. The number of amides is 3. The Morgan fingerprint density at radius 2 is 2.37 bits per heavy atom. The van der Waals surface area contributed by atoms with E-state index in [1.807, 2.05) is 0 Å². The zero-order chi connectivity index (χ0) is 13.8. The highest BCUT2D eigenvalue weighted by atomic mass is 16.2. The number of aromatic nitrogens is 2. The highest BCUT2D eigenvalue weighted by molar-refractivity contribution is 5.97. The first kappa shape index (κ1) is 13.1. The smallest absolute Gasteiger partial charge is 0.241 e. The molecule has 1 aliphatic heterocycles. The third-order valence-electron chi connectivity index (χ3n) is 2.83. The van der Waals surface area contributed by atoms with E-state index >= 15 is 0 Å². The molecule has 0 aliphatic carbocycles. The Balaban J connectivity index is 1.90. The molecule has 1 atom stereocenters. The number of nitrogens with one attached hydrogen (secondary N) is 3. The van der Waals surface area contributed by atoms with Gasteiger partial charge in [0.2, 0.25) is 17.7 Å². The molecule has 8 heteroatoms. The Morgan fingerprint density at radius 3 is 3.00 bits per heavy atom. The van der Waals surface area contributed by atoms with Crippen LogP contribution in [0.3, 0.4) is 0 Å². The monoisotopic (exact) mass is 265 g/mol. The molecule has 1 saturated heterocycles. The van der Waals surface area contributed by atoms with E-state index in [0.29, 0.717) is 12.2 Å². The van der Waals surface area contributed by atoms with Crippen molar-refractivity contribution in [3.63, 3.8) is 0 Å². The first-order valence-corrected chi connectivity index (χ1v) is 5.89. The van der Waals surface area contributed by atoms with E-state index in [1.54, 1.807) is 13.2 Å². The van der Waals surface area contributed by atoms with Crippen LogP contribution >= 0.6 is 0 Å². The van der Waals surface area contributed by atoms with Crippen molar-refractivity contribution in [2.45, 2.75) is 13.0 Å². The topological polar surface area (TPSA) is 105 Å². The third-order valence-corrected chi connectivity index (χ3v) is 2.83. The van der Waals surface area contributed by atoms with Gasteiger partial charge >= 0.3 is 0 Å². The van der Waals surface area contributed by atoms with Gasteiger partial charge in [-0.25, -0.2) is 0 Å². The minimum absolute atomic E-state index is 0.0931. The van der Waals surface area contributed by atoms with E-state index in [1.165, 1.54) is 10.9 Å². The van der Waals surface area contributed by atoms with Crippen molar-refractivity contribution < 1.29 is 14.4 Å². The number of hydrogen-bond donors (Lipinski definition) is 3.